The summed E-state index contributed by atoms with van der Waals surface area (Å²) in [7, 11) is 0. The number of thioether (sulfide) groups is 1. The predicted molar refractivity (Wildman–Crippen MR) is 72.8 cm³/mol. The standard InChI is InChI=1S/C13H16N2O3S/c16-7-9-1-5-11(6-2-9)19-8-12(17)15-13(18)14-10-3-4-10/h1-2,5-6,10,16H,3-4,7-8H2,(H2,14,15,17,18). The van der Waals surface area contributed by atoms with E-state index in [0.29, 0.717) is 0 Å². The Kier molecular flexibility index (Phi) is 4.81. The van der Waals surface area contributed by atoms with Gasteiger partial charge >= 0.3 is 6.03 Å². The Morgan fingerprint density at radius 1 is 1.26 bits per heavy atom. The number of aliphatic hydroxyl groups excluding tert-OH is 1. The minimum atomic E-state index is -0.413. The molecule has 0 unspecified atom stereocenters. The second-order valence-corrected chi connectivity index (χ2v) is 5.44. The Morgan fingerprint density at radius 2 is 1.95 bits per heavy atom. The van der Waals surface area contributed by atoms with Crippen molar-refractivity contribution in [3.8, 4) is 0 Å². The number of hydrogen-bond acceptors (Lipinski definition) is 4. The van der Waals surface area contributed by atoms with Crippen molar-refractivity contribution in [2.45, 2.75) is 30.4 Å². The first-order valence-corrected chi connectivity index (χ1v) is 7.09. The van der Waals surface area contributed by atoms with E-state index in [0.717, 1.165) is 23.3 Å². The molecule has 2 rings (SSSR count). The highest BCUT2D eigenvalue weighted by molar-refractivity contribution is 8.00. The molecule has 3 amide bonds. The number of urea groups is 1. The summed E-state index contributed by atoms with van der Waals surface area (Å²) in [6.45, 7) is 0.00672. The largest absolute Gasteiger partial charge is 0.392 e. The summed E-state index contributed by atoms with van der Waals surface area (Å²) < 4.78 is 0. The van der Waals surface area contributed by atoms with E-state index in [9.17, 15) is 9.59 Å². The molecule has 0 spiro atoms. The smallest absolute Gasteiger partial charge is 0.321 e. The van der Waals surface area contributed by atoms with E-state index in [1.165, 1.54) is 11.8 Å². The van der Waals surface area contributed by atoms with Crippen LogP contribution in [0.3, 0.4) is 0 Å². The summed E-state index contributed by atoms with van der Waals surface area (Å²) in [5, 5.41) is 13.9. The number of benzene rings is 1. The van der Waals surface area contributed by atoms with Gasteiger partial charge in [-0.25, -0.2) is 4.79 Å². The van der Waals surface area contributed by atoms with E-state index < -0.39 is 6.03 Å². The zero-order valence-corrected chi connectivity index (χ0v) is 11.2. The van der Waals surface area contributed by atoms with Crippen molar-refractivity contribution in [3.63, 3.8) is 0 Å². The summed E-state index contributed by atoms with van der Waals surface area (Å²) >= 11 is 1.35. The minimum Gasteiger partial charge on any atom is -0.392 e. The van der Waals surface area contributed by atoms with Crippen LogP contribution in [0.5, 0.6) is 0 Å². The number of carbonyl (C=O) groups excluding carboxylic acids is 2. The molecular formula is C13H16N2O3S. The SMILES string of the molecule is O=C(CSc1ccc(CO)cc1)NC(=O)NC1CC1. The maximum absolute atomic E-state index is 11.5. The number of aliphatic hydroxyl groups is 1. The molecule has 1 aliphatic rings. The molecule has 0 radical (unpaired) electrons. The second-order valence-electron chi connectivity index (χ2n) is 4.39. The van der Waals surface area contributed by atoms with Gasteiger partial charge in [-0.1, -0.05) is 12.1 Å². The Labute approximate surface area is 115 Å². The third kappa shape index (κ3) is 4.92. The first-order valence-electron chi connectivity index (χ1n) is 6.10. The molecule has 19 heavy (non-hydrogen) atoms. The topological polar surface area (TPSA) is 78.4 Å². The van der Waals surface area contributed by atoms with Gasteiger partial charge in [0.2, 0.25) is 5.91 Å². The van der Waals surface area contributed by atoms with Crippen LogP contribution in [0.1, 0.15) is 18.4 Å². The van der Waals surface area contributed by atoms with Gasteiger partial charge in [-0.3, -0.25) is 10.1 Å². The molecule has 1 saturated carbocycles. The van der Waals surface area contributed by atoms with Gasteiger partial charge in [-0.2, -0.15) is 0 Å². The van der Waals surface area contributed by atoms with E-state index in [1.807, 2.05) is 12.1 Å². The van der Waals surface area contributed by atoms with Crippen LogP contribution in [0.2, 0.25) is 0 Å². The average molecular weight is 280 g/mol. The van der Waals surface area contributed by atoms with Crippen LogP contribution in [-0.2, 0) is 11.4 Å². The van der Waals surface area contributed by atoms with E-state index in [4.69, 9.17) is 5.11 Å². The van der Waals surface area contributed by atoms with E-state index >= 15 is 0 Å². The zero-order chi connectivity index (χ0) is 13.7. The highest BCUT2D eigenvalue weighted by atomic mass is 32.2. The molecule has 6 heteroatoms. The van der Waals surface area contributed by atoms with Crippen molar-refractivity contribution in [2.75, 3.05) is 5.75 Å². The predicted octanol–water partition coefficient (Wildman–Crippen LogP) is 1.26. The molecule has 1 aliphatic carbocycles. The molecule has 0 bridgehead atoms. The van der Waals surface area contributed by atoms with Crippen molar-refractivity contribution in [1.82, 2.24) is 10.6 Å². The van der Waals surface area contributed by atoms with Gasteiger partial charge in [-0.05, 0) is 30.5 Å². The summed E-state index contributed by atoms with van der Waals surface area (Å²) in [5.74, 6) is -0.120. The average Bonchev–Trinajstić information content (AvgIpc) is 3.20. The maximum atomic E-state index is 11.5. The summed E-state index contributed by atoms with van der Waals surface area (Å²) in [5.41, 5.74) is 0.831. The summed E-state index contributed by atoms with van der Waals surface area (Å²) in [6.07, 6.45) is 1.99. The third-order valence-electron chi connectivity index (χ3n) is 2.64. The van der Waals surface area contributed by atoms with Crippen molar-refractivity contribution in [2.24, 2.45) is 0 Å². The fourth-order valence-electron chi connectivity index (χ4n) is 1.45. The normalized spacial score (nSPS) is 13.9. The second kappa shape index (κ2) is 6.58. The van der Waals surface area contributed by atoms with E-state index in [1.54, 1.807) is 12.1 Å². The molecule has 0 heterocycles. The molecule has 0 aromatic heterocycles. The molecule has 102 valence electrons. The van der Waals surface area contributed by atoms with Gasteiger partial charge in [0.05, 0.1) is 12.4 Å². The van der Waals surface area contributed by atoms with Gasteiger partial charge in [0.1, 0.15) is 0 Å². The highest BCUT2D eigenvalue weighted by Gasteiger charge is 2.23. The van der Waals surface area contributed by atoms with Crippen molar-refractivity contribution in [1.29, 1.82) is 0 Å². The molecule has 0 aliphatic heterocycles. The molecule has 1 aromatic rings. The lowest BCUT2D eigenvalue weighted by molar-refractivity contribution is -0.117. The molecular weight excluding hydrogens is 264 g/mol. The van der Waals surface area contributed by atoms with Crippen LogP contribution in [-0.4, -0.2) is 28.8 Å². The van der Waals surface area contributed by atoms with Crippen LogP contribution < -0.4 is 10.6 Å². The Morgan fingerprint density at radius 3 is 2.53 bits per heavy atom. The number of hydrogen-bond donors (Lipinski definition) is 3. The van der Waals surface area contributed by atoms with Crippen LogP contribution in [0, 0.1) is 0 Å². The first-order chi connectivity index (χ1) is 9.17. The molecule has 0 saturated heterocycles. The van der Waals surface area contributed by atoms with Gasteiger partial charge in [-0.15, -0.1) is 11.8 Å². The zero-order valence-electron chi connectivity index (χ0n) is 10.4. The Balaban J connectivity index is 1.71. The number of amides is 3. The number of nitrogens with one attached hydrogen (secondary N) is 2. The quantitative estimate of drug-likeness (QED) is 0.710. The fraction of sp³-hybridized carbons (Fsp3) is 0.385. The molecule has 3 N–H and O–H groups in total. The maximum Gasteiger partial charge on any atom is 0.321 e. The van der Waals surface area contributed by atoms with Crippen molar-refractivity contribution < 1.29 is 14.7 Å². The van der Waals surface area contributed by atoms with Crippen LogP contribution in [0.4, 0.5) is 4.79 Å². The lowest BCUT2D eigenvalue weighted by atomic mass is 10.2. The number of rotatable bonds is 5. The molecule has 0 atom stereocenters. The lowest BCUT2D eigenvalue weighted by Crippen LogP contribution is -2.41. The van der Waals surface area contributed by atoms with Gasteiger partial charge < -0.3 is 10.4 Å². The monoisotopic (exact) mass is 280 g/mol. The lowest BCUT2D eigenvalue weighted by Gasteiger charge is -2.05. The van der Waals surface area contributed by atoms with Gasteiger partial charge in [0.15, 0.2) is 0 Å². The van der Waals surface area contributed by atoms with E-state index in [2.05, 4.69) is 10.6 Å². The third-order valence-corrected chi connectivity index (χ3v) is 3.65. The number of imide groups is 1. The highest BCUT2D eigenvalue weighted by Crippen LogP contribution is 2.19. The Bertz CT molecular complexity index is 457. The summed E-state index contributed by atoms with van der Waals surface area (Å²) in [4.78, 5) is 23.8. The fourth-order valence-corrected chi connectivity index (χ4v) is 2.15. The van der Waals surface area contributed by atoms with Crippen LogP contribution >= 0.6 is 11.8 Å². The van der Waals surface area contributed by atoms with Crippen molar-refractivity contribution in [3.05, 3.63) is 29.8 Å². The molecule has 5 nitrogen and oxygen atoms in total. The number of carbonyl (C=O) groups is 2. The van der Waals surface area contributed by atoms with Crippen molar-refractivity contribution >= 4 is 23.7 Å². The first kappa shape index (κ1) is 13.9. The minimum absolute atomic E-state index is 0.00672. The Hall–Kier alpha value is -1.53. The van der Waals surface area contributed by atoms with Gasteiger partial charge in [0.25, 0.3) is 0 Å². The molecule has 1 aromatic carbocycles. The van der Waals surface area contributed by atoms with Gasteiger partial charge in [0, 0.05) is 10.9 Å². The van der Waals surface area contributed by atoms with Crippen LogP contribution in [0.25, 0.3) is 0 Å². The molecule has 1 fully saturated rings. The van der Waals surface area contributed by atoms with E-state index in [-0.39, 0.29) is 24.3 Å². The summed E-state index contributed by atoms with van der Waals surface area (Å²) in [6, 6.07) is 7.12. The van der Waals surface area contributed by atoms with Crippen LogP contribution in [0.15, 0.2) is 29.2 Å².